The molecule has 0 unspecified atom stereocenters. The fraction of sp³-hybridized carbons (Fsp3) is 0.0556. The third kappa shape index (κ3) is 6.88. The topological polar surface area (TPSA) is 124 Å². The standard InChI is InChI=1S/2C18H14N2O2/c2*1-12(21)14-6-4-7-15(11-14)19-20-18-16-8-3-2-5-13(16)9-10-17(18)22/h2*2-11,22H,1H3. The fourth-order valence-corrected chi connectivity index (χ4v) is 4.49. The van der Waals surface area contributed by atoms with Gasteiger partial charge in [0.25, 0.3) is 0 Å². The van der Waals surface area contributed by atoms with E-state index in [0.717, 1.165) is 21.5 Å². The van der Waals surface area contributed by atoms with Gasteiger partial charge in [-0.15, -0.1) is 10.2 Å². The van der Waals surface area contributed by atoms with Gasteiger partial charge in [-0.1, -0.05) is 84.9 Å². The van der Waals surface area contributed by atoms with Gasteiger partial charge >= 0.3 is 0 Å². The zero-order valence-electron chi connectivity index (χ0n) is 24.0. The monoisotopic (exact) mass is 580 g/mol. The van der Waals surface area contributed by atoms with E-state index < -0.39 is 0 Å². The van der Waals surface area contributed by atoms with Gasteiger partial charge in [0.2, 0.25) is 0 Å². The largest absolute Gasteiger partial charge is 0.506 e. The van der Waals surface area contributed by atoms with Gasteiger partial charge in [-0.2, -0.15) is 10.2 Å². The van der Waals surface area contributed by atoms with E-state index in [1.54, 1.807) is 60.7 Å². The number of aromatic hydroxyl groups is 2. The van der Waals surface area contributed by atoms with E-state index in [-0.39, 0.29) is 23.1 Å². The van der Waals surface area contributed by atoms with E-state index >= 15 is 0 Å². The molecule has 0 amide bonds. The first kappa shape index (κ1) is 29.5. The van der Waals surface area contributed by atoms with Gasteiger partial charge in [0.05, 0.1) is 11.4 Å². The number of azo groups is 2. The number of fused-ring (bicyclic) bond motifs is 2. The molecule has 0 radical (unpaired) electrons. The van der Waals surface area contributed by atoms with Crippen LogP contribution in [0.15, 0.2) is 142 Å². The Bertz CT molecular complexity index is 1920. The summed E-state index contributed by atoms with van der Waals surface area (Å²) in [5.74, 6) is 0.102. The lowest BCUT2D eigenvalue weighted by atomic mass is 10.1. The van der Waals surface area contributed by atoms with E-state index in [1.807, 2.05) is 60.7 Å². The molecule has 0 bridgehead atoms. The zero-order valence-corrected chi connectivity index (χ0v) is 24.0. The zero-order chi connectivity index (χ0) is 31.1. The van der Waals surface area contributed by atoms with Crippen LogP contribution in [0.2, 0.25) is 0 Å². The molecular formula is C36H28N4O4. The second-order valence-electron chi connectivity index (χ2n) is 9.92. The SMILES string of the molecule is CC(=O)c1cccc(N=Nc2c(O)ccc3ccccc23)c1.CC(=O)c1cccc(N=Nc2c(O)ccc3ccccc23)c1. The number of hydrogen-bond donors (Lipinski definition) is 2. The molecule has 216 valence electrons. The molecule has 0 spiro atoms. The Balaban J connectivity index is 0.000000175. The van der Waals surface area contributed by atoms with E-state index in [9.17, 15) is 19.8 Å². The Labute approximate surface area is 253 Å². The average molecular weight is 581 g/mol. The molecule has 6 rings (SSSR count). The molecule has 2 N–H and O–H groups in total. The highest BCUT2D eigenvalue weighted by Gasteiger charge is 2.08. The minimum atomic E-state index is -0.0231. The van der Waals surface area contributed by atoms with Gasteiger partial charge in [0, 0.05) is 21.9 Å². The first-order valence-corrected chi connectivity index (χ1v) is 13.8. The summed E-state index contributed by atoms with van der Waals surface area (Å²) in [6.45, 7) is 3.01. The summed E-state index contributed by atoms with van der Waals surface area (Å²) in [6.07, 6.45) is 0. The van der Waals surface area contributed by atoms with Crippen molar-refractivity contribution in [2.24, 2.45) is 20.5 Å². The van der Waals surface area contributed by atoms with Gasteiger partial charge < -0.3 is 10.2 Å². The van der Waals surface area contributed by atoms with Crippen molar-refractivity contribution in [3.8, 4) is 11.5 Å². The Morgan fingerprint density at radius 2 is 0.886 bits per heavy atom. The highest BCUT2D eigenvalue weighted by Crippen LogP contribution is 2.37. The first-order valence-electron chi connectivity index (χ1n) is 13.8. The van der Waals surface area contributed by atoms with Gasteiger partial charge in [0.15, 0.2) is 11.6 Å². The lowest BCUT2D eigenvalue weighted by molar-refractivity contribution is 0.100. The average Bonchev–Trinajstić information content (AvgIpc) is 3.04. The maximum atomic E-state index is 11.4. The molecule has 44 heavy (non-hydrogen) atoms. The molecule has 0 saturated carbocycles. The van der Waals surface area contributed by atoms with Gasteiger partial charge in [-0.25, -0.2) is 0 Å². The molecule has 6 aromatic carbocycles. The number of benzene rings is 6. The molecular weight excluding hydrogens is 552 g/mol. The second kappa shape index (κ2) is 13.3. The number of nitrogens with zero attached hydrogens (tertiary/aromatic N) is 4. The van der Waals surface area contributed by atoms with Crippen molar-refractivity contribution in [2.75, 3.05) is 0 Å². The number of carbonyl (C=O) groups is 2. The third-order valence-electron chi connectivity index (χ3n) is 6.79. The summed E-state index contributed by atoms with van der Waals surface area (Å²) in [4.78, 5) is 22.8. The minimum Gasteiger partial charge on any atom is -0.506 e. The Hall–Kier alpha value is -6.02. The van der Waals surface area contributed by atoms with Crippen LogP contribution in [0, 0.1) is 0 Å². The van der Waals surface area contributed by atoms with Crippen LogP contribution in [0.25, 0.3) is 21.5 Å². The quantitative estimate of drug-likeness (QED) is 0.150. The number of hydrogen-bond acceptors (Lipinski definition) is 8. The molecule has 0 aliphatic rings. The van der Waals surface area contributed by atoms with Crippen molar-refractivity contribution < 1.29 is 19.8 Å². The molecule has 0 atom stereocenters. The number of carbonyl (C=O) groups excluding carboxylic acids is 2. The summed E-state index contributed by atoms with van der Waals surface area (Å²) in [7, 11) is 0. The first-order chi connectivity index (χ1) is 21.3. The van der Waals surface area contributed by atoms with Crippen LogP contribution < -0.4 is 0 Å². The van der Waals surface area contributed by atoms with Crippen molar-refractivity contribution in [2.45, 2.75) is 13.8 Å². The summed E-state index contributed by atoms with van der Waals surface area (Å²) in [6, 6.07) is 36.0. The van der Waals surface area contributed by atoms with Gasteiger partial charge in [-0.3, -0.25) is 9.59 Å². The number of rotatable bonds is 6. The fourth-order valence-electron chi connectivity index (χ4n) is 4.49. The number of Topliss-reactive ketones (excluding diaryl/α,β-unsaturated/α-hetero) is 2. The Morgan fingerprint density at radius 1 is 0.477 bits per heavy atom. The number of phenolic OH excluding ortho intramolecular Hbond substituents is 2. The van der Waals surface area contributed by atoms with Gasteiger partial charge in [0.1, 0.15) is 22.9 Å². The van der Waals surface area contributed by atoms with Crippen molar-refractivity contribution >= 4 is 55.9 Å². The van der Waals surface area contributed by atoms with Crippen molar-refractivity contribution in [3.63, 3.8) is 0 Å². The molecule has 0 aromatic heterocycles. The number of ketones is 2. The minimum absolute atomic E-state index is 0.0231. The van der Waals surface area contributed by atoms with Crippen LogP contribution in [-0.2, 0) is 0 Å². The Kier molecular flexibility index (Phi) is 8.91. The summed E-state index contributed by atoms with van der Waals surface area (Å²) in [5, 5.41) is 40.3. The van der Waals surface area contributed by atoms with Crippen LogP contribution in [0.5, 0.6) is 11.5 Å². The normalized spacial score (nSPS) is 11.1. The predicted molar refractivity (Wildman–Crippen MR) is 172 cm³/mol. The highest BCUT2D eigenvalue weighted by atomic mass is 16.3. The van der Waals surface area contributed by atoms with E-state index in [2.05, 4.69) is 20.5 Å². The maximum Gasteiger partial charge on any atom is 0.159 e. The van der Waals surface area contributed by atoms with Crippen molar-refractivity contribution in [1.82, 2.24) is 0 Å². The second-order valence-corrected chi connectivity index (χ2v) is 9.92. The van der Waals surface area contributed by atoms with Crippen LogP contribution in [0.3, 0.4) is 0 Å². The van der Waals surface area contributed by atoms with Crippen molar-refractivity contribution in [3.05, 3.63) is 132 Å². The van der Waals surface area contributed by atoms with Crippen LogP contribution >= 0.6 is 0 Å². The molecule has 8 heteroatoms. The Morgan fingerprint density at radius 3 is 1.30 bits per heavy atom. The van der Waals surface area contributed by atoms with Gasteiger partial charge in [-0.05, 0) is 61.0 Å². The molecule has 8 nitrogen and oxygen atoms in total. The van der Waals surface area contributed by atoms with Crippen LogP contribution in [0.1, 0.15) is 34.6 Å². The molecule has 0 heterocycles. The van der Waals surface area contributed by atoms with E-state index in [4.69, 9.17) is 0 Å². The summed E-state index contributed by atoms with van der Waals surface area (Å²) in [5.41, 5.74) is 3.15. The highest BCUT2D eigenvalue weighted by molar-refractivity contribution is 5.97. The molecule has 0 saturated heterocycles. The summed E-state index contributed by atoms with van der Waals surface area (Å²) < 4.78 is 0. The van der Waals surface area contributed by atoms with E-state index in [0.29, 0.717) is 33.9 Å². The predicted octanol–water partition coefficient (Wildman–Crippen LogP) is 10.3. The van der Waals surface area contributed by atoms with Crippen LogP contribution in [0.4, 0.5) is 22.7 Å². The molecule has 0 aliphatic heterocycles. The van der Waals surface area contributed by atoms with Crippen LogP contribution in [-0.4, -0.2) is 21.8 Å². The van der Waals surface area contributed by atoms with Crippen molar-refractivity contribution in [1.29, 1.82) is 0 Å². The summed E-state index contributed by atoms with van der Waals surface area (Å²) >= 11 is 0. The lowest BCUT2D eigenvalue weighted by Gasteiger charge is -2.03. The third-order valence-corrected chi connectivity index (χ3v) is 6.79. The van der Waals surface area contributed by atoms with E-state index in [1.165, 1.54) is 13.8 Å². The molecule has 6 aromatic rings. The maximum absolute atomic E-state index is 11.4. The number of phenols is 2. The smallest absolute Gasteiger partial charge is 0.159 e. The lowest BCUT2D eigenvalue weighted by Crippen LogP contribution is -1.89. The molecule has 0 aliphatic carbocycles. The molecule has 0 fully saturated rings.